The highest BCUT2D eigenvalue weighted by molar-refractivity contribution is 6.00. The molecule has 8 atom stereocenters. The molecule has 2 fully saturated rings. The van der Waals surface area contributed by atoms with Gasteiger partial charge in [0.05, 0.1) is 5.60 Å². The topological polar surface area (TPSA) is 116 Å². The van der Waals surface area contributed by atoms with Crippen LogP contribution in [0.15, 0.2) is 23.3 Å². The molecule has 1 N–H and O–H groups in total. The van der Waals surface area contributed by atoms with Crippen LogP contribution in [0.25, 0.3) is 0 Å². The first kappa shape index (κ1) is 24.6. The van der Waals surface area contributed by atoms with E-state index < -0.39 is 64.3 Å². The van der Waals surface area contributed by atoms with Crippen LogP contribution in [0.4, 0.5) is 0 Å². The van der Waals surface area contributed by atoms with E-state index >= 15 is 0 Å². The number of ketones is 1. The Hall–Kier alpha value is -2.48. The molecule has 34 heavy (non-hydrogen) atoms. The van der Waals surface area contributed by atoms with Gasteiger partial charge in [-0.05, 0) is 24.5 Å². The van der Waals surface area contributed by atoms with Crippen molar-refractivity contribution < 1.29 is 38.5 Å². The summed E-state index contributed by atoms with van der Waals surface area (Å²) in [4.78, 5) is 49.0. The van der Waals surface area contributed by atoms with E-state index in [-0.39, 0.29) is 18.3 Å². The van der Waals surface area contributed by atoms with Crippen LogP contribution in [0.5, 0.6) is 0 Å². The molecule has 0 spiro atoms. The maximum Gasteiger partial charge on any atom is 0.303 e. The van der Waals surface area contributed by atoms with Crippen LogP contribution in [0.1, 0.15) is 54.9 Å². The fourth-order valence-electron chi connectivity index (χ4n) is 7.36. The van der Waals surface area contributed by atoms with Gasteiger partial charge in [0.2, 0.25) is 0 Å². The van der Waals surface area contributed by atoms with Crippen molar-refractivity contribution in [2.24, 2.45) is 35.0 Å². The minimum atomic E-state index is -1.45. The highest BCUT2D eigenvalue weighted by Gasteiger charge is 2.87. The van der Waals surface area contributed by atoms with Gasteiger partial charge in [-0.25, -0.2) is 0 Å². The number of aliphatic hydroxyl groups is 1. The molecule has 2 saturated carbocycles. The summed E-state index contributed by atoms with van der Waals surface area (Å²) in [5.74, 6) is -4.07. The molecule has 0 aromatic carbocycles. The summed E-state index contributed by atoms with van der Waals surface area (Å²) in [5, 5.41) is 12.5. The average Bonchev–Trinajstić information content (AvgIpc) is 3.10. The van der Waals surface area contributed by atoms with E-state index in [0.717, 1.165) is 5.57 Å². The van der Waals surface area contributed by atoms with Crippen molar-refractivity contribution in [3.05, 3.63) is 23.3 Å². The summed E-state index contributed by atoms with van der Waals surface area (Å²) < 4.78 is 17.0. The van der Waals surface area contributed by atoms with Gasteiger partial charge in [-0.15, -0.1) is 0 Å². The lowest BCUT2D eigenvalue weighted by atomic mass is 9.60. The summed E-state index contributed by atoms with van der Waals surface area (Å²) in [6.07, 6.45) is 3.21. The highest BCUT2D eigenvalue weighted by atomic mass is 16.6. The number of allylic oxidation sites excluding steroid dienone is 1. The van der Waals surface area contributed by atoms with Gasteiger partial charge < -0.3 is 19.3 Å². The van der Waals surface area contributed by atoms with E-state index in [0.29, 0.717) is 12.0 Å². The highest BCUT2D eigenvalue weighted by Crippen LogP contribution is 2.76. The van der Waals surface area contributed by atoms with E-state index in [1.54, 1.807) is 13.8 Å². The van der Waals surface area contributed by atoms with Crippen LogP contribution in [0, 0.1) is 35.0 Å². The first-order valence-electron chi connectivity index (χ1n) is 11.8. The third kappa shape index (κ3) is 3.21. The van der Waals surface area contributed by atoms with E-state index in [2.05, 4.69) is 0 Å². The van der Waals surface area contributed by atoms with Crippen molar-refractivity contribution >= 4 is 23.7 Å². The van der Waals surface area contributed by atoms with Crippen LogP contribution in [-0.2, 0) is 33.4 Å². The van der Waals surface area contributed by atoms with E-state index in [1.165, 1.54) is 20.8 Å². The second-order valence-electron chi connectivity index (χ2n) is 11.0. The Bertz CT molecular complexity index is 1020. The van der Waals surface area contributed by atoms with Crippen LogP contribution >= 0.6 is 0 Å². The summed E-state index contributed by atoms with van der Waals surface area (Å²) >= 11 is 0. The molecule has 0 aliphatic heterocycles. The number of carbonyl (C=O) groups excluding carboxylic acids is 4. The molecule has 0 saturated heterocycles. The quantitative estimate of drug-likeness (QED) is 0.375. The molecule has 0 heterocycles. The van der Waals surface area contributed by atoms with Gasteiger partial charge in [-0.1, -0.05) is 32.9 Å². The van der Waals surface area contributed by atoms with E-state index in [4.69, 9.17) is 14.2 Å². The zero-order valence-electron chi connectivity index (χ0n) is 20.8. The molecule has 0 amide bonds. The largest absolute Gasteiger partial charge is 0.461 e. The maximum absolute atomic E-state index is 13.1. The van der Waals surface area contributed by atoms with Crippen LogP contribution in [-0.4, -0.2) is 52.7 Å². The van der Waals surface area contributed by atoms with Crippen LogP contribution in [0.3, 0.4) is 0 Å². The monoisotopic (exact) mass is 474 g/mol. The number of carbonyl (C=O) groups is 4. The average molecular weight is 475 g/mol. The predicted octanol–water partition coefficient (Wildman–Crippen LogP) is 2.53. The lowest BCUT2D eigenvalue weighted by molar-refractivity contribution is -0.218. The van der Waals surface area contributed by atoms with Crippen molar-refractivity contribution in [1.29, 1.82) is 0 Å². The molecule has 0 aromatic heterocycles. The molecule has 186 valence electrons. The Morgan fingerprint density at radius 3 is 2.26 bits per heavy atom. The smallest absolute Gasteiger partial charge is 0.303 e. The van der Waals surface area contributed by atoms with Crippen molar-refractivity contribution in [2.75, 3.05) is 6.61 Å². The Morgan fingerprint density at radius 2 is 1.71 bits per heavy atom. The third-order valence-corrected chi connectivity index (χ3v) is 8.75. The number of hydrogen-bond donors (Lipinski definition) is 1. The fourth-order valence-corrected chi connectivity index (χ4v) is 7.36. The van der Waals surface area contributed by atoms with Crippen LogP contribution < -0.4 is 0 Å². The van der Waals surface area contributed by atoms with Gasteiger partial charge in [0.25, 0.3) is 0 Å². The summed E-state index contributed by atoms with van der Waals surface area (Å²) in [6.45, 7) is 11.4. The molecular weight excluding hydrogens is 440 g/mol. The van der Waals surface area contributed by atoms with Crippen molar-refractivity contribution in [2.45, 2.75) is 72.2 Å². The number of Topliss-reactive ketones (excluding diaryl/α,β-unsaturated/α-hetero) is 1. The van der Waals surface area contributed by atoms with E-state index in [1.807, 2.05) is 26.0 Å². The number of fused-ring (bicyclic) bond motifs is 5. The second kappa shape index (κ2) is 7.77. The molecule has 4 aliphatic rings. The third-order valence-electron chi connectivity index (χ3n) is 8.75. The Kier molecular flexibility index (Phi) is 5.63. The van der Waals surface area contributed by atoms with Gasteiger partial charge in [0, 0.05) is 55.8 Å². The molecule has 4 rings (SSSR count). The predicted molar refractivity (Wildman–Crippen MR) is 120 cm³/mol. The van der Waals surface area contributed by atoms with Gasteiger partial charge in [-0.3, -0.25) is 19.2 Å². The van der Waals surface area contributed by atoms with Gasteiger partial charge in [0.15, 0.2) is 11.4 Å². The lowest BCUT2D eigenvalue weighted by Crippen LogP contribution is -2.63. The van der Waals surface area contributed by atoms with Crippen molar-refractivity contribution in [3.63, 3.8) is 0 Å². The zero-order valence-corrected chi connectivity index (χ0v) is 20.8. The number of esters is 3. The summed E-state index contributed by atoms with van der Waals surface area (Å²) in [5.41, 5.74) is -1.85. The Morgan fingerprint density at radius 1 is 1.06 bits per heavy atom. The standard InChI is InChI=1S/C26H34O8/c1-12-8-19-18(21(12)30)9-17(11-32-14(3)27)10-20-22-24(6,7)26(22,34-16(5)29)23(33-15(4)28)13(2)25(19,20)31/h8,10,13,18-20,22-23,31H,9,11H2,1-7H3/t13-,18+,19-,20+,22-,23-,25+,26-/m1/s1. The molecule has 8 heteroatoms. The fraction of sp³-hybridized carbons (Fsp3) is 0.692. The van der Waals surface area contributed by atoms with Crippen molar-refractivity contribution in [1.82, 2.24) is 0 Å². The molecule has 8 nitrogen and oxygen atoms in total. The van der Waals surface area contributed by atoms with E-state index in [9.17, 15) is 24.3 Å². The van der Waals surface area contributed by atoms with Gasteiger partial charge in [-0.2, -0.15) is 0 Å². The normalized spacial score (nSPS) is 41.6. The molecule has 0 unspecified atom stereocenters. The number of rotatable bonds is 4. The number of ether oxygens (including phenoxy) is 3. The SMILES string of the molecule is CC(=O)OCC1=C[C@H]2[C@@H]3C(C)(C)[C@]3(OC(C)=O)[C@H](OC(C)=O)[C@@H](C)[C@]2(O)[C@@H]2C=C(C)C(=O)[C@H]2C1. The molecule has 0 radical (unpaired) electrons. The van der Waals surface area contributed by atoms with Gasteiger partial charge in [0.1, 0.15) is 12.7 Å². The molecule has 0 bridgehead atoms. The molecule has 4 aliphatic carbocycles. The summed E-state index contributed by atoms with van der Waals surface area (Å²) in [6, 6.07) is 0. The molecular formula is C26H34O8. The Labute approximate surface area is 199 Å². The minimum absolute atomic E-state index is 0.0208. The van der Waals surface area contributed by atoms with Crippen molar-refractivity contribution in [3.8, 4) is 0 Å². The maximum atomic E-state index is 13.1. The Balaban J connectivity index is 1.91. The summed E-state index contributed by atoms with van der Waals surface area (Å²) in [7, 11) is 0. The first-order valence-corrected chi connectivity index (χ1v) is 11.8. The van der Waals surface area contributed by atoms with Crippen LogP contribution in [0.2, 0.25) is 0 Å². The first-order chi connectivity index (χ1) is 15.7. The minimum Gasteiger partial charge on any atom is -0.461 e. The molecule has 0 aromatic rings. The number of hydrogen-bond acceptors (Lipinski definition) is 8. The lowest BCUT2D eigenvalue weighted by Gasteiger charge is -2.52. The van der Waals surface area contributed by atoms with Gasteiger partial charge >= 0.3 is 17.9 Å². The zero-order chi connectivity index (χ0) is 25.4. The second-order valence-corrected chi connectivity index (χ2v) is 11.0.